The molecule has 0 saturated carbocycles. The number of hydrogen-bond donors (Lipinski definition) is 7. The zero-order valence-corrected chi connectivity index (χ0v) is 77.1. The molecule has 7 aromatic carbocycles. The van der Waals surface area contributed by atoms with Crippen molar-refractivity contribution in [3.05, 3.63) is 259 Å². The number of nitrogens with zero attached hydrogens (tertiary/aromatic N) is 1. The number of carbonyl (C=O) groups excluding carboxylic acids is 3. The van der Waals surface area contributed by atoms with E-state index in [0.717, 1.165) is 58.9 Å². The van der Waals surface area contributed by atoms with Crippen LogP contribution in [-0.4, -0.2) is 106 Å². The largest absolute Gasteiger partial charge is 1.00 e. The number of nitrogens with two attached hydrogens (primary N) is 1. The smallest absolute Gasteiger partial charge is 1.00 e. The Balaban J connectivity index is -0.000000599. The summed E-state index contributed by atoms with van der Waals surface area (Å²) in [5.74, 6) is 1.08. The van der Waals surface area contributed by atoms with Crippen LogP contribution in [-0.2, 0) is 45.6 Å². The first-order chi connectivity index (χ1) is 50.3. The van der Waals surface area contributed by atoms with Crippen LogP contribution in [0.1, 0.15) is 187 Å². The van der Waals surface area contributed by atoms with Gasteiger partial charge in [-0.05, 0) is 157 Å². The summed E-state index contributed by atoms with van der Waals surface area (Å²) in [6.07, 6.45) is 13.6. The van der Waals surface area contributed by atoms with Crippen LogP contribution >= 0.6 is 111 Å². The van der Waals surface area contributed by atoms with Gasteiger partial charge in [0.25, 0.3) is 0 Å². The number of carboxylic acid groups (broad SMARTS) is 2. The molecule has 0 radical (unpaired) electrons. The van der Waals surface area contributed by atoms with E-state index in [9.17, 15) is 34.0 Å². The first-order valence-corrected chi connectivity index (χ1v) is 46.8. The minimum absolute atomic E-state index is 0. The Hall–Kier alpha value is -3.91. The van der Waals surface area contributed by atoms with E-state index < -0.39 is 71.3 Å². The molecule has 2 aliphatic rings. The van der Waals surface area contributed by atoms with Crippen LogP contribution in [0.5, 0.6) is 0 Å². The van der Waals surface area contributed by atoms with Crippen LogP contribution in [0, 0.1) is 0 Å². The van der Waals surface area contributed by atoms with Crippen molar-refractivity contribution in [3.63, 3.8) is 0 Å². The van der Waals surface area contributed by atoms with Crippen molar-refractivity contribution in [2.75, 3.05) is 14.2 Å². The Morgan fingerprint density at radius 3 is 1.18 bits per heavy atom. The Morgan fingerprint density at radius 1 is 0.568 bits per heavy atom. The molecule has 2 aliphatic heterocycles. The number of Topliss-reactive ketones (excluding diaryl/α,β-unsaturated/α-hetero) is 1. The van der Waals surface area contributed by atoms with Gasteiger partial charge in [-0.3, -0.25) is 4.79 Å². The third kappa shape index (κ3) is 40.2. The standard InChI is InChI=1S/C19H18BClO3.C10H9ClO2.C9H12BNO2.C9H7ClO2.C8H6BrClO2.C7H4BrClO2.3C4H9.C2H3.2CH4.Cl2OS.ClH.H3N2O.Na.Sn/c1-4-12-5-7-14(17(21)10-12)18(22)11-13-6-8-15-16(9-13)20(23)24-19(15,2)3;1-3-7-4-5-8(9(11)6-7)10(12)13-2;1-9(2)7-4-3-6(11)5-8(7)10(12)13-9;1-2-6-3-4-7(9(11)12)8(10)5-6;1-12-8(11)6-3-2-5(9)4-7(6)10;8-4-1-2-5(7(10)11)6(9)3-4;3*1-3-4-2;1-2;;;1-4(2)3;;1-2-3;;/h4-10,23H,1,11H2,2-3H3;3-6H,1H2,2H3;3-5,12H,11H2,1-2H3;2-5H,1H2,(H,11,12);2-4H,1H3;1-3H,(H,10,11);3*1,3-4H2,2H3;1H,2H2;2*1H4;;1H;3H,1H2;;/q;;;;;;;;;;;;;;-1;+1;. The fourth-order valence-electron chi connectivity index (χ4n) is 10.3. The quantitative estimate of drug-likeness (QED) is 0.00931. The second-order valence-corrected chi connectivity index (χ2v) is 43.9. The van der Waals surface area contributed by atoms with Crippen LogP contribution in [0.25, 0.3) is 23.8 Å². The molecule has 0 bridgehead atoms. The van der Waals surface area contributed by atoms with Crippen LogP contribution in [0.15, 0.2) is 167 Å². The van der Waals surface area contributed by atoms with E-state index in [4.69, 9.17) is 86.9 Å². The molecule has 602 valence electrons. The fraction of sp³-hybridized carbons (Fsp3) is 0.295. The van der Waals surface area contributed by atoms with Gasteiger partial charge in [0.05, 0.1) is 72.8 Å². The average molecular weight is 1960 g/mol. The van der Waals surface area contributed by atoms with Crippen molar-refractivity contribution in [2.24, 2.45) is 5.84 Å². The summed E-state index contributed by atoms with van der Waals surface area (Å²) in [6, 6.07) is 36.0. The minimum Gasteiger partial charge on any atom is -1.00 e. The van der Waals surface area contributed by atoms with Crippen molar-refractivity contribution in [1.29, 1.82) is 0 Å². The van der Waals surface area contributed by atoms with Gasteiger partial charge in [0, 0.05) is 42.3 Å². The maximum absolute atomic E-state index is 12.5. The molecule has 9 rings (SSSR count). The van der Waals surface area contributed by atoms with Gasteiger partial charge in [0.15, 0.2) is 5.78 Å². The van der Waals surface area contributed by atoms with Crippen molar-refractivity contribution in [3.8, 4) is 0 Å². The normalized spacial score (nSPS) is 11.7. The number of hydrogen-bond acceptors (Lipinski definition) is 14. The maximum Gasteiger partial charge on any atom is 1.00 e. The van der Waals surface area contributed by atoms with E-state index in [0.29, 0.717) is 31.8 Å². The summed E-state index contributed by atoms with van der Waals surface area (Å²) in [5.41, 5.74) is 14.2. The number of halogens is 10. The summed E-state index contributed by atoms with van der Waals surface area (Å²) in [6.45, 7) is 29.7. The number of fused-ring (bicyclic) bond motifs is 2. The third-order valence-electron chi connectivity index (χ3n) is 15.9. The van der Waals surface area contributed by atoms with Crippen molar-refractivity contribution in [1.82, 2.24) is 0 Å². The molecule has 33 heteroatoms. The Morgan fingerprint density at radius 2 is 0.874 bits per heavy atom. The molecular weight excluding hydrogens is 1860 g/mol. The number of unbranched alkanes of at least 4 members (excludes halogenated alkanes) is 3. The van der Waals surface area contributed by atoms with E-state index in [2.05, 4.69) is 125 Å². The molecule has 111 heavy (non-hydrogen) atoms. The molecule has 0 amide bonds. The van der Waals surface area contributed by atoms with Gasteiger partial charge in [-0.2, -0.15) is 0 Å². The number of ether oxygens (including phenoxy) is 2. The van der Waals surface area contributed by atoms with E-state index in [1.807, 2.05) is 75.7 Å². The van der Waals surface area contributed by atoms with Crippen LogP contribution in [0.4, 0.5) is 5.69 Å². The first-order valence-electron chi connectivity index (χ1n) is 32.9. The molecule has 0 fully saturated rings. The van der Waals surface area contributed by atoms with Gasteiger partial charge in [0.2, 0.25) is 9.23 Å². The van der Waals surface area contributed by atoms with Crippen molar-refractivity contribution < 1.29 is 120 Å². The van der Waals surface area contributed by atoms with Gasteiger partial charge in [-0.1, -0.05) is 185 Å². The summed E-state index contributed by atoms with van der Waals surface area (Å²) in [4.78, 5) is 55.6. The molecule has 10 N–H and O–H groups in total. The first kappa shape index (κ1) is 113. The zero-order valence-electron chi connectivity index (χ0n) is 62.2. The molecule has 18 nitrogen and oxygen atoms in total. The predicted octanol–water partition coefficient (Wildman–Crippen LogP) is 15.5. The number of methoxy groups -OCH3 is 2. The third-order valence-corrected chi connectivity index (χ3v) is 32.5. The summed E-state index contributed by atoms with van der Waals surface area (Å²) in [7, 11) is 8.24. The van der Waals surface area contributed by atoms with Gasteiger partial charge in [0.1, 0.15) is 5.69 Å². The maximum atomic E-state index is 12.5. The monoisotopic (exact) mass is 1950 g/mol. The number of carbonyl (C=O) groups is 5. The van der Waals surface area contributed by atoms with E-state index >= 15 is 0 Å². The predicted molar refractivity (Wildman–Crippen MR) is 464 cm³/mol. The number of carboxylic acids is 2. The average Bonchev–Trinajstić information content (AvgIpc) is 1.63. The van der Waals surface area contributed by atoms with Gasteiger partial charge in [-0.15, -0.1) is 0 Å². The summed E-state index contributed by atoms with van der Waals surface area (Å²) < 4.78 is 37.9. The molecule has 0 atom stereocenters. The number of quaternary nitrogens is 1. The summed E-state index contributed by atoms with van der Waals surface area (Å²) in [5, 5.41) is 45.5. The fourth-order valence-corrected chi connectivity index (χ4v) is 25.6. The zero-order chi connectivity index (χ0) is 81.5. The summed E-state index contributed by atoms with van der Waals surface area (Å²) >= 11 is 33.6. The van der Waals surface area contributed by atoms with E-state index in [-0.39, 0.29) is 95.8 Å². The molecule has 0 aliphatic carbocycles. The van der Waals surface area contributed by atoms with E-state index in [1.54, 1.807) is 104 Å². The Labute approximate surface area is 741 Å². The van der Waals surface area contributed by atoms with E-state index in [1.165, 1.54) is 64.9 Å². The molecular formula is C78H98B2Br2Cl8N3NaO15SSn. The van der Waals surface area contributed by atoms with Gasteiger partial charge >= 0.3 is 169 Å². The number of benzene rings is 7. The van der Waals surface area contributed by atoms with Crippen molar-refractivity contribution >= 4 is 218 Å². The second-order valence-electron chi connectivity index (χ2n) is 24.3. The number of rotatable bonds is 20. The topological polar surface area (TPSA) is 308 Å². The Bertz CT molecular complexity index is 4160. The second kappa shape index (κ2) is 58.9. The molecule has 2 heterocycles. The molecule has 0 aromatic heterocycles. The molecule has 0 spiro atoms. The number of esters is 2. The van der Waals surface area contributed by atoms with Crippen LogP contribution in [0.3, 0.4) is 0 Å². The van der Waals surface area contributed by atoms with Crippen LogP contribution < -0.4 is 64.5 Å². The Kier molecular flexibility index (Phi) is 60.1. The molecule has 7 aromatic rings. The molecule has 0 saturated heterocycles. The number of aromatic carboxylic acids is 2. The van der Waals surface area contributed by atoms with Crippen LogP contribution in [0.2, 0.25) is 38.4 Å². The van der Waals surface area contributed by atoms with Crippen molar-refractivity contribution in [2.45, 2.75) is 133 Å². The van der Waals surface area contributed by atoms with Gasteiger partial charge < -0.3 is 73.8 Å². The van der Waals surface area contributed by atoms with Gasteiger partial charge in [-0.25, -0.2) is 23.4 Å². The molecule has 0 unspecified atom stereocenters. The number of ketones is 1. The SMILES string of the molecule is C.C.C=Cc1ccc(C(=O)Cc2ccc3c(c2)B(O)OC3(C)C)c(Cl)c1.C=Cc1ccc(C(=O)O)c(Cl)c1.C=Cc1ccc(C(=O)OC)c(Cl)c1.C=[CH][Sn]([CH2]CCC)([CH2]CCC)[CH2]CCC.CC1(C)OB(O)c2cc([NH3+])ccc21.COC(=O)c1ccc(Br)cc1Cl.N[N-]O.O=C(O)c1ccc(Br)cc1Cl.O=S(Cl)Cl.[Cl-].[Na+]. The minimum atomic E-state index is -1.85.